The lowest BCUT2D eigenvalue weighted by molar-refractivity contribution is -0.122. The predicted molar refractivity (Wildman–Crippen MR) is 83.6 cm³/mol. The lowest BCUT2D eigenvalue weighted by atomic mass is 10.1. The Bertz CT molecular complexity index is 584. The monoisotopic (exact) mass is 284 g/mol. The second-order valence-corrected chi connectivity index (χ2v) is 4.91. The Morgan fingerprint density at radius 1 is 1.10 bits per heavy atom. The number of carbonyl (C=O) groups excluding carboxylic acids is 1. The summed E-state index contributed by atoms with van der Waals surface area (Å²) < 4.78 is 0. The zero-order valence-corrected chi connectivity index (χ0v) is 11.8. The molecular formula is C17H20N2O2. The molecule has 0 bridgehead atoms. The molecule has 0 radical (unpaired) electrons. The maximum absolute atomic E-state index is 12.0. The van der Waals surface area contributed by atoms with E-state index >= 15 is 0 Å². The van der Waals surface area contributed by atoms with Gasteiger partial charge in [0.15, 0.2) is 0 Å². The average molecular weight is 284 g/mol. The highest BCUT2D eigenvalue weighted by molar-refractivity contribution is 5.77. The standard InChI is InChI=1S/C17H20N2O2/c18-15-9-5-4-6-13(15)10-11-17(21)19-16(12-20)14-7-2-1-3-8-14/h1-9,16,20H,10-12,18H2,(H,19,21). The first-order valence-corrected chi connectivity index (χ1v) is 6.99. The number of amides is 1. The normalized spacial score (nSPS) is 11.9. The van der Waals surface area contributed by atoms with Crippen LogP contribution in [0.2, 0.25) is 0 Å². The molecule has 0 aliphatic carbocycles. The van der Waals surface area contributed by atoms with Crippen LogP contribution in [0.15, 0.2) is 54.6 Å². The largest absolute Gasteiger partial charge is 0.399 e. The van der Waals surface area contributed by atoms with E-state index in [1.165, 1.54) is 0 Å². The van der Waals surface area contributed by atoms with Crippen molar-refractivity contribution < 1.29 is 9.90 Å². The molecular weight excluding hydrogens is 264 g/mol. The number of hydrogen-bond acceptors (Lipinski definition) is 3. The van der Waals surface area contributed by atoms with E-state index < -0.39 is 0 Å². The van der Waals surface area contributed by atoms with Crippen LogP contribution >= 0.6 is 0 Å². The number of anilines is 1. The minimum atomic E-state index is -0.369. The first-order chi connectivity index (χ1) is 10.2. The van der Waals surface area contributed by atoms with E-state index in [1.807, 2.05) is 54.6 Å². The maximum Gasteiger partial charge on any atom is 0.220 e. The van der Waals surface area contributed by atoms with Gasteiger partial charge in [-0.2, -0.15) is 0 Å². The summed E-state index contributed by atoms with van der Waals surface area (Å²) in [4.78, 5) is 12.0. The number of nitrogens with two attached hydrogens (primary N) is 1. The summed E-state index contributed by atoms with van der Waals surface area (Å²) in [5, 5.41) is 12.3. The molecule has 0 heterocycles. The van der Waals surface area contributed by atoms with Crippen molar-refractivity contribution in [2.75, 3.05) is 12.3 Å². The van der Waals surface area contributed by atoms with Crippen molar-refractivity contribution in [3.8, 4) is 0 Å². The van der Waals surface area contributed by atoms with Crippen LogP contribution < -0.4 is 11.1 Å². The second-order valence-electron chi connectivity index (χ2n) is 4.91. The Balaban J connectivity index is 1.90. The molecule has 0 spiro atoms. The van der Waals surface area contributed by atoms with Gasteiger partial charge in [-0.1, -0.05) is 48.5 Å². The quantitative estimate of drug-likeness (QED) is 0.711. The van der Waals surface area contributed by atoms with Crippen molar-refractivity contribution in [1.82, 2.24) is 5.32 Å². The summed E-state index contributed by atoms with van der Waals surface area (Å²) in [6.07, 6.45) is 0.934. The number of benzene rings is 2. The smallest absolute Gasteiger partial charge is 0.220 e. The predicted octanol–water partition coefficient (Wildman–Crippen LogP) is 2.05. The molecule has 4 heteroatoms. The van der Waals surface area contributed by atoms with Crippen LogP contribution in [0.25, 0.3) is 0 Å². The topological polar surface area (TPSA) is 75.4 Å². The minimum absolute atomic E-state index is 0.0962. The zero-order chi connectivity index (χ0) is 15.1. The van der Waals surface area contributed by atoms with E-state index in [0.717, 1.165) is 11.1 Å². The number of aryl methyl sites for hydroxylation is 1. The van der Waals surface area contributed by atoms with Crippen molar-refractivity contribution in [2.24, 2.45) is 0 Å². The molecule has 21 heavy (non-hydrogen) atoms. The van der Waals surface area contributed by atoms with Gasteiger partial charge in [0.05, 0.1) is 12.6 Å². The molecule has 4 N–H and O–H groups in total. The van der Waals surface area contributed by atoms with Crippen LogP contribution in [0.3, 0.4) is 0 Å². The summed E-state index contributed by atoms with van der Waals surface area (Å²) in [6, 6.07) is 16.6. The highest BCUT2D eigenvalue weighted by Crippen LogP contribution is 2.14. The first kappa shape index (κ1) is 15.1. The zero-order valence-electron chi connectivity index (χ0n) is 11.8. The molecule has 2 aromatic carbocycles. The van der Waals surface area contributed by atoms with Gasteiger partial charge in [-0.15, -0.1) is 0 Å². The number of aliphatic hydroxyl groups excluding tert-OH is 1. The van der Waals surface area contributed by atoms with E-state index in [-0.39, 0.29) is 18.6 Å². The molecule has 0 aliphatic heterocycles. The number of hydrogen-bond donors (Lipinski definition) is 3. The lowest BCUT2D eigenvalue weighted by Gasteiger charge is -2.16. The van der Waals surface area contributed by atoms with Crippen LogP contribution in [0.5, 0.6) is 0 Å². The number of para-hydroxylation sites is 1. The molecule has 2 rings (SSSR count). The highest BCUT2D eigenvalue weighted by atomic mass is 16.3. The van der Waals surface area contributed by atoms with Crippen LogP contribution in [0, 0.1) is 0 Å². The summed E-state index contributed by atoms with van der Waals surface area (Å²) in [5.41, 5.74) is 8.42. The summed E-state index contributed by atoms with van der Waals surface area (Å²) in [7, 11) is 0. The summed E-state index contributed by atoms with van der Waals surface area (Å²) >= 11 is 0. The molecule has 0 aromatic heterocycles. The van der Waals surface area contributed by atoms with Gasteiger partial charge in [0.25, 0.3) is 0 Å². The van der Waals surface area contributed by atoms with E-state index in [0.29, 0.717) is 18.5 Å². The van der Waals surface area contributed by atoms with Crippen molar-refractivity contribution in [2.45, 2.75) is 18.9 Å². The number of rotatable bonds is 6. The average Bonchev–Trinajstić information content (AvgIpc) is 2.52. The Kier molecular flexibility index (Phi) is 5.35. The Morgan fingerprint density at radius 2 is 1.76 bits per heavy atom. The Hall–Kier alpha value is -2.33. The summed E-state index contributed by atoms with van der Waals surface area (Å²) in [5.74, 6) is -0.0962. The number of aliphatic hydroxyl groups is 1. The van der Waals surface area contributed by atoms with Crippen molar-refractivity contribution in [1.29, 1.82) is 0 Å². The highest BCUT2D eigenvalue weighted by Gasteiger charge is 2.13. The van der Waals surface area contributed by atoms with Crippen molar-refractivity contribution in [3.63, 3.8) is 0 Å². The van der Waals surface area contributed by atoms with Crippen LogP contribution in [-0.4, -0.2) is 17.6 Å². The van der Waals surface area contributed by atoms with Gasteiger partial charge in [0.2, 0.25) is 5.91 Å². The fourth-order valence-electron chi connectivity index (χ4n) is 2.20. The van der Waals surface area contributed by atoms with Gasteiger partial charge in [-0.25, -0.2) is 0 Å². The molecule has 2 aromatic rings. The van der Waals surface area contributed by atoms with Crippen LogP contribution in [-0.2, 0) is 11.2 Å². The number of nitrogens with one attached hydrogen (secondary N) is 1. The molecule has 0 saturated heterocycles. The van der Waals surface area contributed by atoms with Gasteiger partial charge in [0.1, 0.15) is 0 Å². The van der Waals surface area contributed by atoms with Gasteiger partial charge in [-0.3, -0.25) is 4.79 Å². The third-order valence-electron chi connectivity index (χ3n) is 3.40. The third-order valence-corrected chi connectivity index (χ3v) is 3.40. The molecule has 4 nitrogen and oxygen atoms in total. The van der Waals surface area contributed by atoms with Crippen LogP contribution in [0.4, 0.5) is 5.69 Å². The molecule has 110 valence electrons. The molecule has 1 atom stereocenters. The lowest BCUT2D eigenvalue weighted by Crippen LogP contribution is -2.30. The van der Waals surface area contributed by atoms with Crippen molar-refractivity contribution >= 4 is 11.6 Å². The van der Waals surface area contributed by atoms with E-state index in [2.05, 4.69) is 5.32 Å². The van der Waals surface area contributed by atoms with Gasteiger partial charge >= 0.3 is 0 Å². The second kappa shape index (κ2) is 7.45. The third kappa shape index (κ3) is 4.33. The van der Waals surface area contributed by atoms with Gasteiger partial charge in [0, 0.05) is 12.1 Å². The maximum atomic E-state index is 12.0. The molecule has 0 aliphatic rings. The molecule has 0 fully saturated rings. The molecule has 1 unspecified atom stereocenters. The van der Waals surface area contributed by atoms with Gasteiger partial charge in [-0.05, 0) is 23.6 Å². The molecule has 0 saturated carbocycles. The Labute approximate surface area is 124 Å². The fourth-order valence-corrected chi connectivity index (χ4v) is 2.20. The van der Waals surface area contributed by atoms with Crippen LogP contribution in [0.1, 0.15) is 23.6 Å². The molecule has 1 amide bonds. The first-order valence-electron chi connectivity index (χ1n) is 6.99. The number of nitrogen functional groups attached to an aromatic ring is 1. The SMILES string of the molecule is Nc1ccccc1CCC(=O)NC(CO)c1ccccc1. The van der Waals surface area contributed by atoms with E-state index in [4.69, 9.17) is 5.73 Å². The van der Waals surface area contributed by atoms with Gasteiger partial charge < -0.3 is 16.2 Å². The summed E-state index contributed by atoms with van der Waals surface area (Å²) in [6.45, 7) is -0.122. The van der Waals surface area contributed by atoms with E-state index in [1.54, 1.807) is 0 Å². The van der Waals surface area contributed by atoms with E-state index in [9.17, 15) is 9.90 Å². The Morgan fingerprint density at radius 3 is 2.43 bits per heavy atom. The number of carbonyl (C=O) groups is 1. The minimum Gasteiger partial charge on any atom is -0.399 e. The fraction of sp³-hybridized carbons (Fsp3) is 0.235. The van der Waals surface area contributed by atoms with Crippen molar-refractivity contribution in [3.05, 3.63) is 65.7 Å².